The van der Waals surface area contributed by atoms with Crippen LogP contribution < -0.4 is 15.6 Å². The molecular weight excluding hydrogens is 443 g/mol. The van der Waals surface area contributed by atoms with E-state index in [0.29, 0.717) is 6.61 Å². The standard InChI is InChI=1S/C20H25FN4O6S/c1-20(2)19-23-15(16(30-5)18(27)25(19)8-9-31-20)17(26)22-11-12-6-7-13(21)10-14(12)32(28,29)24(3)4/h6-7,10H,8-9,11H2,1-5H3,(H,22,26). The lowest BCUT2D eigenvalue weighted by Crippen LogP contribution is -2.43. The van der Waals surface area contributed by atoms with Crippen LogP contribution in [0.25, 0.3) is 0 Å². The lowest BCUT2D eigenvalue weighted by molar-refractivity contribution is -0.0567. The van der Waals surface area contributed by atoms with Gasteiger partial charge in [-0.2, -0.15) is 0 Å². The average molecular weight is 469 g/mol. The zero-order valence-electron chi connectivity index (χ0n) is 18.4. The molecule has 0 unspecified atom stereocenters. The Kier molecular flexibility index (Phi) is 6.40. The van der Waals surface area contributed by atoms with Gasteiger partial charge in [0.1, 0.15) is 17.2 Å². The summed E-state index contributed by atoms with van der Waals surface area (Å²) in [6, 6.07) is 3.26. The van der Waals surface area contributed by atoms with Crippen molar-refractivity contribution in [3.8, 4) is 5.75 Å². The highest BCUT2D eigenvalue weighted by Crippen LogP contribution is 2.27. The molecule has 0 radical (unpaired) electrons. The molecule has 1 aromatic heterocycles. The van der Waals surface area contributed by atoms with Crippen molar-refractivity contribution in [1.82, 2.24) is 19.2 Å². The summed E-state index contributed by atoms with van der Waals surface area (Å²) in [6.45, 7) is 3.80. The quantitative estimate of drug-likeness (QED) is 0.667. The van der Waals surface area contributed by atoms with E-state index in [1.54, 1.807) is 13.8 Å². The summed E-state index contributed by atoms with van der Waals surface area (Å²) in [5.74, 6) is -1.43. The Hall–Kier alpha value is -2.83. The summed E-state index contributed by atoms with van der Waals surface area (Å²) in [7, 11) is -0.0571. The molecule has 0 bridgehead atoms. The summed E-state index contributed by atoms with van der Waals surface area (Å²) in [5, 5.41) is 2.55. The van der Waals surface area contributed by atoms with Crippen LogP contribution in [-0.2, 0) is 33.5 Å². The van der Waals surface area contributed by atoms with Crippen LogP contribution in [0.3, 0.4) is 0 Å². The first-order valence-corrected chi connectivity index (χ1v) is 11.2. The second kappa shape index (κ2) is 8.60. The monoisotopic (exact) mass is 468 g/mol. The molecule has 1 aromatic carbocycles. The van der Waals surface area contributed by atoms with E-state index in [4.69, 9.17) is 9.47 Å². The predicted octanol–water partition coefficient (Wildman–Crippen LogP) is 0.837. The average Bonchev–Trinajstić information content (AvgIpc) is 2.72. The number of aromatic nitrogens is 2. The van der Waals surface area contributed by atoms with E-state index < -0.39 is 32.9 Å². The van der Waals surface area contributed by atoms with Gasteiger partial charge >= 0.3 is 0 Å². The minimum absolute atomic E-state index is 0.172. The van der Waals surface area contributed by atoms with Crippen molar-refractivity contribution in [2.75, 3.05) is 27.8 Å². The first-order valence-electron chi connectivity index (χ1n) is 9.72. The van der Waals surface area contributed by atoms with E-state index in [2.05, 4.69) is 10.3 Å². The largest absolute Gasteiger partial charge is 0.489 e. The third-order valence-electron chi connectivity index (χ3n) is 5.09. The van der Waals surface area contributed by atoms with Gasteiger partial charge in [-0.25, -0.2) is 22.1 Å². The smallest absolute Gasteiger partial charge is 0.296 e. The number of halogens is 1. The number of hydrogen-bond donors (Lipinski definition) is 1. The van der Waals surface area contributed by atoms with Crippen molar-refractivity contribution < 1.29 is 27.1 Å². The minimum atomic E-state index is -3.96. The summed E-state index contributed by atoms with van der Waals surface area (Å²) in [5.41, 5.74) is -1.49. The number of benzene rings is 1. The zero-order chi connectivity index (χ0) is 23.8. The lowest BCUT2D eigenvalue weighted by atomic mass is 10.1. The van der Waals surface area contributed by atoms with E-state index in [9.17, 15) is 22.4 Å². The molecular formula is C20H25FN4O6S. The Morgan fingerprint density at radius 3 is 2.69 bits per heavy atom. The molecule has 0 atom stereocenters. The highest BCUT2D eigenvalue weighted by Gasteiger charge is 2.34. The third kappa shape index (κ3) is 4.25. The molecule has 3 rings (SSSR count). The predicted molar refractivity (Wildman–Crippen MR) is 112 cm³/mol. The van der Waals surface area contributed by atoms with Gasteiger partial charge in [-0.1, -0.05) is 6.07 Å². The minimum Gasteiger partial charge on any atom is -0.489 e. The van der Waals surface area contributed by atoms with Crippen LogP contribution in [0.1, 0.15) is 35.7 Å². The van der Waals surface area contributed by atoms with Gasteiger partial charge in [-0.05, 0) is 31.5 Å². The highest BCUT2D eigenvalue weighted by molar-refractivity contribution is 7.89. The molecule has 0 saturated heterocycles. The van der Waals surface area contributed by atoms with Gasteiger partial charge in [0.05, 0.1) is 25.2 Å². The number of hydrogen-bond acceptors (Lipinski definition) is 7. The number of carbonyl (C=O) groups is 1. The summed E-state index contributed by atoms with van der Waals surface area (Å²) < 4.78 is 52.0. The Morgan fingerprint density at radius 2 is 2.06 bits per heavy atom. The number of sulfonamides is 1. The number of rotatable bonds is 6. The van der Waals surface area contributed by atoms with Crippen molar-refractivity contribution in [3.05, 3.63) is 51.5 Å². The number of amides is 1. The molecule has 2 aromatic rings. The molecule has 1 aliphatic rings. The van der Waals surface area contributed by atoms with Crippen LogP contribution in [-0.4, -0.2) is 56.0 Å². The van der Waals surface area contributed by atoms with Crippen molar-refractivity contribution in [3.63, 3.8) is 0 Å². The number of nitrogens with one attached hydrogen (secondary N) is 1. The molecule has 1 N–H and O–H groups in total. The summed E-state index contributed by atoms with van der Waals surface area (Å²) in [6.07, 6.45) is 0. The van der Waals surface area contributed by atoms with Crippen LogP contribution >= 0.6 is 0 Å². The van der Waals surface area contributed by atoms with Gasteiger partial charge in [-0.3, -0.25) is 14.2 Å². The zero-order valence-corrected chi connectivity index (χ0v) is 19.2. The molecule has 0 spiro atoms. The molecule has 10 nitrogen and oxygen atoms in total. The number of fused-ring (bicyclic) bond motifs is 1. The second-order valence-corrected chi connectivity index (χ2v) is 9.98. The van der Waals surface area contributed by atoms with Crippen molar-refractivity contribution >= 4 is 15.9 Å². The molecule has 0 fully saturated rings. The van der Waals surface area contributed by atoms with Gasteiger partial charge in [0.2, 0.25) is 15.8 Å². The van der Waals surface area contributed by atoms with Crippen LogP contribution in [0.4, 0.5) is 4.39 Å². The van der Waals surface area contributed by atoms with Crippen LogP contribution in [0, 0.1) is 5.82 Å². The Labute approximate surface area is 185 Å². The first-order chi connectivity index (χ1) is 14.9. The molecule has 1 aliphatic heterocycles. The Balaban J connectivity index is 1.98. The summed E-state index contributed by atoms with van der Waals surface area (Å²) >= 11 is 0. The molecule has 2 heterocycles. The molecule has 12 heteroatoms. The fourth-order valence-corrected chi connectivity index (χ4v) is 4.50. The number of methoxy groups -OCH3 is 1. The molecule has 0 saturated carbocycles. The van der Waals surface area contributed by atoms with Crippen molar-refractivity contribution in [2.45, 2.75) is 37.4 Å². The molecule has 0 aliphatic carbocycles. The summed E-state index contributed by atoms with van der Waals surface area (Å²) in [4.78, 5) is 29.9. The van der Waals surface area contributed by atoms with E-state index in [1.165, 1.54) is 31.8 Å². The van der Waals surface area contributed by atoms with E-state index in [1.807, 2.05) is 0 Å². The Morgan fingerprint density at radius 1 is 1.38 bits per heavy atom. The number of carbonyl (C=O) groups excluding carboxylic acids is 1. The van der Waals surface area contributed by atoms with Gasteiger partial charge < -0.3 is 14.8 Å². The van der Waals surface area contributed by atoms with Gasteiger partial charge in [-0.15, -0.1) is 0 Å². The van der Waals surface area contributed by atoms with E-state index in [0.717, 1.165) is 16.4 Å². The second-order valence-electron chi connectivity index (χ2n) is 7.85. The number of nitrogens with zero attached hydrogens (tertiary/aromatic N) is 3. The van der Waals surface area contributed by atoms with Crippen molar-refractivity contribution in [1.29, 1.82) is 0 Å². The maximum Gasteiger partial charge on any atom is 0.296 e. The normalized spacial score (nSPS) is 15.3. The maximum absolute atomic E-state index is 13.7. The number of ether oxygens (including phenoxy) is 2. The Bertz CT molecular complexity index is 1220. The topological polar surface area (TPSA) is 120 Å². The SMILES string of the molecule is COc1c(C(=O)NCc2ccc(F)cc2S(=O)(=O)N(C)C)nc2n(c1=O)CCOC2(C)C. The highest BCUT2D eigenvalue weighted by atomic mass is 32.2. The fraction of sp³-hybridized carbons (Fsp3) is 0.450. The van der Waals surface area contributed by atoms with Crippen LogP contribution in [0.2, 0.25) is 0 Å². The van der Waals surface area contributed by atoms with E-state index >= 15 is 0 Å². The molecule has 174 valence electrons. The fourth-order valence-electron chi connectivity index (χ4n) is 3.37. The van der Waals surface area contributed by atoms with Gasteiger partial charge in [0, 0.05) is 20.6 Å². The third-order valence-corrected chi connectivity index (χ3v) is 6.99. The van der Waals surface area contributed by atoms with E-state index in [-0.39, 0.29) is 40.8 Å². The molecule has 32 heavy (non-hydrogen) atoms. The van der Waals surface area contributed by atoms with Crippen LogP contribution in [0.5, 0.6) is 5.75 Å². The molecule has 1 amide bonds. The van der Waals surface area contributed by atoms with Crippen molar-refractivity contribution in [2.24, 2.45) is 0 Å². The van der Waals surface area contributed by atoms with Gasteiger partial charge in [0.25, 0.3) is 11.5 Å². The van der Waals surface area contributed by atoms with Gasteiger partial charge in [0.15, 0.2) is 5.69 Å². The lowest BCUT2D eigenvalue weighted by Gasteiger charge is -2.32. The van der Waals surface area contributed by atoms with Crippen LogP contribution in [0.15, 0.2) is 27.9 Å². The first kappa shape index (κ1) is 23.8. The maximum atomic E-state index is 13.7.